The molecule has 4 fully saturated rings. The molecular formula is C19H23BrN2O. The molecule has 4 bridgehead atoms. The first-order valence-electron chi connectivity index (χ1n) is 8.68. The number of carbonyl (C=O) groups excluding carboxylic acids is 1. The summed E-state index contributed by atoms with van der Waals surface area (Å²) in [4.78, 5) is 12.3. The summed E-state index contributed by atoms with van der Waals surface area (Å²) in [5.41, 5.74) is 4.01. The zero-order chi connectivity index (χ0) is 15.9. The number of hydrogen-bond donors (Lipinski definition) is 1. The van der Waals surface area contributed by atoms with Crippen LogP contribution < -0.4 is 5.43 Å². The number of rotatable bonds is 4. The maximum Gasteiger partial charge on any atom is 0.240 e. The van der Waals surface area contributed by atoms with E-state index in [4.69, 9.17) is 0 Å². The Morgan fingerprint density at radius 2 is 1.70 bits per heavy atom. The molecule has 0 unspecified atom stereocenters. The largest absolute Gasteiger partial charge is 0.273 e. The molecule has 0 saturated heterocycles. The molecule has 0 atom stereocenters. The number of nitrogens with one attached hydrogen (secondary N) is 1. The van der Waals surface area contributed by atoms with E-state index in [2.05, 4.69) is 26.5 Å². The molecule has 4 heteroatoms. The van der Waals surface area contributed by atoms with Crippen molar-refractivity contribution < 1.29 is 4.79 Å². The minimum Gasteiger partial charge on any atom is -0.273 e. The molecule has 0 aliphatic heterocycles. The third kappa shape index (κ3) is 3.37. The third-order valence-electron chi connectivity index (χ3n) is 5.97. The zero-order valence-electron chi connectivity index (χ0n) is 13.3. The van der Waals surface area contributed by atoms with Gasteiger partial charge in [0.05, 0.1) is 6.21 Å². The topological polar surface area (TPSA) is 41.5 Å². The summed E-state index contributed by atoms with van der Waals surface area (Å²) >= 11 is 3.41. The highest BCUT2D eigenvalue weighted by Crippen LogP contribution is 2.61. The van der Waals surface area contributed by atoms with E-state index < -0.39 is 0 Å². The van der Waals surface area contributed by atoms with Crippen molar-refractivity contribution in [1.82, 2.24) is 5.43 Å². The maximum atomic E-state index is 12.3. The van der Waals surface area contributed by atoms with Crippen LogP contribution in [-0.4, -0.2) is 12.1 Å². The molecule has 1 amide bonds. The van der Waals surface area contributed by atoms with Gasteiger partial charge in [-0.1, -0.05) is 28.1 Å². The third-order valence-corrected chi connectivity index (χ3v) is 6.50. The summed E-state index contributed by atoms with van der Waals surface area (Å²) in [6.07, 6.45) is 10.4. The lowest BCUT2D eigenvalue weighted by molar-refractivity contribution is -0.129. The fourth-order valence-electron chi connectivity index (χ4n) is 5.61. The summed E-state index contributed by atoms with van der Waals surface area (Å²) < 4.78 is 1.04. The molecule has 23 heavy (non-hydrogen) atoms. The predicted molar refractivity (Wildman–Crippen MR) is 95.1 cm³/mol. The molecule has 3 nitrogen and oxygen atoms in total. The van der Waals surface area contributed by atoms with Crippen LogP contribution in [0.1, 0.15) is 50.5 Å². The lowest BCUT2D eigenvalue weighted by Gasteiger charge is -2.56. The molecule has 1 N–H and O–H groups in total. The Bertz CT molecular complexity index is 587. The van der Waals surface area contributed by atoms with Gasteiger partial charge in [0.2, 0.25) is 5.91 Å². The van der Waals surface area contributed by atoms with Crippen molar-refractivity contribution in [1.29, 1.82) is 0 Å². The summed E-state index contributed by atoms with van der Waals surface area (Å²) in [6.45, 7) is 0. The van der Waals surface area contributed by atoms with E-state index in [-0.39, 0.29) is 11.3 Å². The highest BCUT2D eigenvalue weighted by Gasteiger charge is 2.51. The van der Waals surface area contributed by atoms with E-state index >= 15 is 0 Å². The molecule has 4 aliphatic rings. The number of halogens is 1. The number of hydrogen-bond acceptors (Lipinski definition) is 2. The summed E-state index contributed by atoms with van der Waals surface area (Å²) in [6, 6.07) is 7.88. The predicted octanol–water partition coefficient (Wildman–Crippen LogP) is 4.51. The summed E-state index contributed by atoms with van der Waals surface area (Å²) in [5.74, 6) is 2.75. The van der Waals surface area contributed by atoms with Crippen LogP contribution in [0.25, 0.3) is 0 Å². The van der Waals surface area contributed by atoms with Gasteiger partial charge in [-0.05, 0) is 79.4 Å². The second kappa shape index (κ2) is 6.04. The van der Waals surface area contributed by atoms with Crippen LogP contribution in [0.4, 0.5) is 0 Å². The number of amides is 1. The Labute approximate surface area is 146 Å². The van der Waals surface area contributed by atoms with Crippen molar-refractivity contribution in [2.45, 2.75) is 44.9 Å². The Balaban J connectivity index is 1.34. The smallest absolute Gasteiger partial charge is 0.240 e. The first-order valence-corrected chi connectivity index (χ1v) is 9.47. The van der Waals surface area contributed by atoms with E-state index in [0.29, 0.717) is 6.42 Å². The molecule has 122 valence electrons. The van der Waals surface area contributed by atoms with Crippen LogP contribution in [-0.2, 0) is 4.79 Å². The van der Waals surface area contributed by atoms with Crippen LogP contribution in [0.3, 0.4) is 0 Å². The molecule has 1 aromatic rings. The SMILES string of the molecule is O=C(CC12CC3CC(CC(C3)C1)C2)N/N=C/c1ccc(Br)cc1. The van der Waals surface area contributed by atoms with Gasteiger partial charge in [0, 0.05) is 10.9 Å². The Kier molecular flexibility index (Phi) is 4.04. The zero-order valence-corrected chi connectivity index (χ0v) is 14.9. The van der Waals surface area contributed by atoms with Crippen molar-refractivity contribution in [2.75, 3.05) is 0 Å². The average Bonchev–Trinajstić information content (AvgIpc) is 2.47. The molecule has 0 heterocycles. The average molecular weight is 375 g/mol. The minimum absolute atomic E-state index is 0.0836. The van der Waals surface area contributed by atoms with Crippen LogP contribution in [0.15, 0.2) is 33.8 Å². The van der Waals surface area contributed by atoms with Gasteiger partial charge in [-0.2, -0.15) is 5.10 Å². The van der Waals surface area contributed by atoms with Gasteiger partial charge < -0.3 is 0 Å². The monoisotopic (exact) mass is 374 g/mol. The van der Waals surface area contributed by atoms with Crippen molar-refractivity contribution in [3.05, 3.63) is 34.3 Å². The molecule has 4 saturated carbocycles. The Morgan fingerprint density at radius 3 is 2.26 bits per heavy atom. The Hall–Kier alpha value is -1.16. The fraction of sp³-hybridized carbons (Fsp3) is 0.579. The van der Waals surface area contributed by atoms with Crippen molar-refractivity contribution in [3.8, 4) is 0 Å². The fourth-order valence-corrected chi connectivity index (χ4v) is 5.88. The maximum absolute atomic E-state index is 12.3. The van der Waals surface area contributed by atoms with Gasteiger partial charge in [-0.25, -0.2) is 5.43 Å². The van der Waals surface area contributed by atoms with E-state index in [1.165, 1.54) is 38.5 Å². The van der Waals surface area contributed by atoms with Gasteiger partial charge in [-0.3, -0.25) is 4.79 Å². The highest BCUT2D eigenvalue weighted by molar-refractivity contribution is 9.10. The van der Waals surface area contributed by atoms with Crippen LogP contribution in [0.2, 0.25) is 0 Å². The summed E-state index contributed by atoms with van der Waals surface area (Å²) in [5, 5.41) is 4.13. The number of hydrazone groups is 1. The van der Waals surface area contributed by atoms with Crippen LogP contribution in [0.5, 0.6) is 0 Å². The molecule has 0 radical (unpaired) electrons. The van der Waals surface area contributed by atoms with E-state index in [0.717, 1.165) is 27.8 Å². The normalized spacial score (nSPS) is 34.9. The first-order chi connectivity index (χ1) is 11.1. The second-order valence-electron chi connectivity index (χ2n) is 7.94. The lowest BCUT2D eigenvalue weighted by Crippen LogP contribution is -2.47. The van der Waals surface area contributed by atoms with Gasteiger partial charge in [-0.15, -0.1) is 0 Å². The lowest BCUT2D eigenvalue weighted by atomic mass is 9.49. The van der Waals surface area contributed by atoms with Crippen molar-refractivity contribution in [3.63, 3.8) is 0 Å². The molecule has 0 spiro atoms. The van der Waals surface area contributed by atoms with Gasteiger partial charge >= 0.3 is 0 Å². The van der Waals surface area contributed by atoms with E-state index in [1.807, 2.05) is 24.3 Å². The molecule has 0 aromatic heterocycles. The van der Waals surface area contributed by atoms with Crippen LogP contribution in [0, 0.1) is 23.2 Å². The first kappa shape index (κ1) is 15.4. The number of benzene rings is 1. The Morgan fingerprint density at radius 1 is 1.13 bits per heavy atom. The van der Waals surface area contributed by atoms with Crippen molar-refractivity contribution in [2.24, 2.45) is 28.3 Å². The molecule has 4 aliphatic carbocycles. The minimum atomic E-state index is 0.0836. The molecule has 1 aromatic carbocycles. The number of carbonyl (C=O) groups is 1. The quantitative estimate of drug-likeness (QED) is 0.611. The summed E-state index contributed by atoms with van der Waals surface area (Å²) in [7, 11) is 0. The van der Waals surface area contributed by atoms with E-state index in [9.17, 15) is 4.79 Å². The van der Waals surface area contributed by atoms with Gasteiger partial charge in [0.1, 0.15) is 0 Å². The molecular weight excluding hydrogens is 352 g/mol. The molecule has 5 rings (SSSR count). The second-order valence-corrected chi connectivity index (χ2v) is 8.85. The van der Waals surface area contributed by atoms with Gasteiger partial charge in [0.25, 0.3) is 0 Å². The van der Waals surface area contributed by atoms with E-state index in [1.54, 1.807) is 6.21 Å². The van der Waals surface area contributed by atoms with Crippen LogP contribution >= 0.6 is 15.9 Å². The highest BCUT2D eigenvalue weighted by atomic mass is 79.9. The van der Waals surface area contributed by atoms with Gasteiger partial charge in [0.15, 0.2) is 0 Å². The van der Waals surface area contributed by atoms with Crippen molar-refractivity contribution >= 4 is 28.1 Å². The standard InChI is InChI=1S/C19H23BrN2O/c20-17-3-1-13(2-4-17)12-21-22-18(23)11-19-8-14-5-15(9-19)7-16(6-14)10-19/h1-4,12,14-16H,5-11H2,(H,22,23)/b21-12+. The number of nitrogens with zero attached hydrogens (tertiary/aromatic N) is 1.